The maximum Gasteiger partial charge on any atom is 0.0208 e. The van der Waals surface area contributed by atoms with E-state index in [9.17, 15) is 0 Å². The zero-order chi connectivity index (χ0) is 20.5. The lowest BCUT2D eigenvalue weighted by Crippen LogP contribution is -2.35. The molecule has 4 heteroatoms. The molecule has 0 heterocycles. The lowest BCUT2D eigenvalue weighted by atomic mass is 10.5. The second-order valence-corrected chi connectivity index (χ2v) is 34.7. The second-order valence-electron chi connectivity index (χ2n) is 9.74. The summed E-state index contributed by atoms with van der Waals surface area (Å²) in [6.07, 6.45) is 8.01. The molecule has 0 aliphatic heterocycles. The van der Waals surface area contributed by atoms with Crippen molar-refractivity contribution >= 4 is 34.5 Å². The Morgan fingerprint density at radius 3 is 0.640 bits per heavy atom. The van der Waals surface area contributed by atoms with Crippen LogP contribution in [0.5, 0.6) is 0 Å². The molecule has 0 aliphatic rings. The summed E-state index contributed by atoms with van der Waals surface area (Å²) < 4.78 is 0. The van der Waals surface area contributed by atoms with Crippen LogP contribution in [0.25, 0.3) is 0 Å². The topological polar surface area (TPSA) is 0 Å². The smallest absolute Gasteiger partial charge is 0.0208 e. The average Bonchev–Trinajstić information content (AvgIpc) is 2.34. The first-order chi connectivity index (χ1) is 11.0. The molecule has 0 unspecified atom stereocenters. The van der Waals surface area contributed by atoms with Crippen molar-refractivity contribution in [2.24, 2.45) is 0 Å². The van der Waals surface area contributed by atoms with Crippen LogP contribution < -0.4 is 0 Å². The molecule has 0 aliphatic carbocycles. The van der Waals surface area contributed by atoms with Gasteiger partial charge in [0.05, 0.1) is 0 Å². The molecule has 158 valence electrons. The minimum atomic E-state index is -0.699. The van der Waals surface area contributed by atoms with Gasteiger partial charge in [0.15, 0.2) is 0 Å². The lowest BCUT2D eigenvalue weighted by Gasteiger charge is -2.72. The number of hydrogen-bond donors (Lipinski definition) is 0. The summed E-state index contributed by atoms with van der Waals surface area (Å²) in [6, 6.07) is 0. The van der Waals surface area contributed by atoms with Crippen molar-refractivity contribution < 1.29 is 0 Å². The maximum absolute atomic E-state index is 2.67. The summed E-state index contributed by atoms with van der Waals surface area (Å²) in [5.74, 6) is 0. The first kappa shape index (κ1) is 26.5. The normalized spacial score (nSPS) is 17.0. The van der Waals surface area contributed by atoms with Crippen LogP contribution in [-0.2, 0) is 0 Å². The van der Waals surface area contributed by atoms with Crippen molar-refractivity contribution in [1.82, 2.24) is 0 Å². The SMILES string of the molecule is CC(C)S(C(C)C)(C(C)C)P(S(C)(C)C)S(C(C)C)(C(C)C)C(C)C. The maximum atomic E-state index is 2.67. The lowest BCUT2D eigenvalue weighted by molar-refractivity contribution is 0.960. The van der Waals surface area contributed by atoms with E-state index in [0.29, 0.717) is 0 Å². The van der Waals surface area contributed by atoms with E-state index < -0.39 is 28.9 Å². The van der Waals surface area contributed by atoms with Crippen molar-refractivity contribution in [2.45, 2.75) is 115 Å². The first-order valence-electron chi connectivity index (χ1n) is 10.1. The van der Waals surface area contributed by atoms with Crippen molar-refractivity contribution in [3.8, 4) is 0 Å². The molecule has 0 rings (SSSR count). The first-order valence-corrected chi connectivity index (χ1v) is 19.8. The Morgan fingerprint density at radius 1 is 0.400 bits per heavy atom. The summed E-state index contributed by atoms with van der Waals surface area (Å²) in [4.78, 5) is 0. The standard InChI is InChI=1S/C21H51PS3/c1-16(2)24(17(3)4,18(5)6)22(23(13,14)15)25(19(7)8,20(9)10)21(11)12/h16-21H,1-15H3. The van der Waals surface area contributed by atoms with E-state index in [1.165, 1.54) is 0 Å². The van der Waals surface area contributed by atoms with E-state index in [2.05, 4.69) is 102 Å². The van der Waals surface area contributed by atoms with E-state index in [1.54, 1.807) is 0 Å². The van der Waals surface area contributed by atoms with Gasteiger partial charge in [-0.1, -0.05) is 83.1 Å². The Balaban J connectivity index is 7.20. The molecule has 0 bridgehead atoms. The third-order valence-electron chi connectivity index (χ3n) is 5.49. The van der Waals surface area contributed by atoms with Crippen LogP contribution in [0.4, 0.5) is 0 Å². The molecule has 0 nitrogen and oxygen atoms in total. The van der Waals surface area contributed by atoms with E-state index in [1.807, 2.05) is 0 Å². The van der Waals surface area contributed by atoms with Crippen LogP contribution in [0, 0.1) is 0 Å². The van der Waals surface area contributed by atoms with Gasteiger partial charge in [0, 0.05) is 5.53 Å². The minimum Gasteiger partial charge on any atom is -0.214 e. The second kappa shape index (κ2) is 9.32. The Kier molecular flexibility index (Phi) is 9.87. The van der Waals surface area contributed by atoms with Crippen LogP contribution in [0.3, 0.4) is 0 Å². The van der Waals surface area contributed by atoms with E-state index >= 15 is 0 Å². The van der Waals surface area contributed by atoms with Gasteiger partial charge in [0.25, 0.3) is 0 Å². The van der Waals surface area contributed by atoms with Gasteiger partial charge in [-0.05, 0) is 50.3 Å². The van der Waals surface area contributed by atoms with Crippen molar-refractivity contribution in [3.05, 3.63) is 0 Å². The van der Waals surface area contributed by atoms with Crippen molar-refractivity contribution in [3.63, 3.8) is 0 Å². The molecular formula is C21H51PS3. The van der Waals surface area contributed by atoms with Crippen molar-refractivity contribution in [1.29, 1.82) is 0 Å². The van der Waals surface area contributed by atoms with Gasteiger partial charge in [-0.3, -0.25) is 0 Å². The quantitative estimate of drug-likeness (QED) is 0.320. The fraction of sp³-hybridized carbons (Fsp3) is 1.00. The number of hydrogen-bond acceptors (Lipinski definition) is 0. The van der Waals surface area contributed by atoms with Gasteiger partial charge in [0.2, 0.25) is 0 Å². The molecular weight excluding hydrogens is 379 g/mol. The summed E-state index contributed by atoms with van der Waals surface area (Å²) in [5, 5.41) is 4.96. The zero-order valence-corrected chi connectivity index (χ0v) is 23.5. The molecule has 0 aromatic heterocycles. The van der Waals surface area contributed by atoms with Crippen LogP contribution in [-0.4, -0.2) is 50.3 Å². The molecule has 0 atom stereocenters. The highest BCUT2D eigenvalue weighted by atomic mass is 33.4. The van der Waals surface area contributed by atoms with Crippen LogP contribution in [0.15, 0.2) is 0 Å². The highest BCUT2D eigenvalue weighted by molar-refractivity contribution is 9.32. The largest absolute Gasteiger partial charge is 0.214 e. The highest BCUT2D eigenvalue weighted by Crippen LogP contribution is 3.09. The summed E-state index contributed by atoms with van der Waals surface area (Å²) in [5.41, 5.74) is 0.0162. The van der Waals surface area contributed by atoms with E-state index in [0.717, 1.165) is 31.5 Å². The molecule has 0 amide bonds. The predicted molar refractivity (Wildman–Crippen MR) is 138 cm³/mol. The average molecular weight is 431 g/mol. The molecule has 0 N–H and O–H groups in total. The van der Waals surface area contributed by atoms with Crippen LogP contribution in [0.1, 0.15) is 83.1 Å². The Bertz CT molecular complexity index is 330. The van der Waals surface area contributed by atoms with Gasteiger partial charge in [-0.2, -0.15) is 19.3 Å². The molecule has 0 radical (unpaired) electrons. The van der Waals surface area contributed by atoms with Gasteiger partial charge >= 0.3 is 0 Å². The van der Waals surface area contributed by atoms with Gasteiger partial charge in [-0.15, -0.1) is 0 Å². The van der Waals surface area contributed by atoms with Gasteiger partial charge in [0.1, 0.15) is 0 Å². The summed E-state index contributed by atoms with van der Waals surface area (Å²) in [6.45, 7) is 30.8. The Hall–Kier alpha value is 1.48. The third kappa shape index (κ3) is 4.56. The summed E-state index contributed by atoms with van der Waals surface area (Å²) in [7, 11) is -2.01. The van der Waals surface area contributed by atoms with Crippen LogP contribution in [0.2, 0.25) is 0 Å². The highest BCUT2D eigenvalue weighted by Gasteiger charge is 2.56. The molecule has 0 fully saturated rings. The molecule has 0 aromatic rings. The van der Waals surface area contributed by atoms with E-state index in [-0.39, 0.29) is 5.53 Å². The molecule has 0 saturated carbocycles. The zero-order valence-electron chi connectivity index (χ0n) is 20.1. The molecule has 0 spiro atoms. The summed E-state index contributed by atoms with van der Waals surface area (Å²) >= 11 is 0. The third-order valence-corrected chi connectivity index (χ3v) is 47.2. The monoisotopic (exact) mass is 430 g/mol. The van der Waals surface area contributed by atoms with Gasteiger partial charge in [-0.25, -0.2) is 9.65 Å². The fourth-order valence-electron chi connectivity index (χ4n) is 5.30. The predicted octanol–water partition coefficient (Wildman–Crippen LogP) is 8.97. The molecule has 25 heavy (non-hydrogen) atoms. The van der Waals surface area contributed by atoms with Gasteiger partial charge < -0.3 is 0 Å². The molecule has 0 saturated heterocycles. The minimum absolute atomic E-state index is 0.0162. The van der Waals surface area contributed by atoms with Crippen molar-refractivity contribution in [2.75, 3.05) is 18.8 Å². The molecule has 0 aromatic carbocycles. The number of rotatable bonds is 9. The van der Waals surface area contributed by atoms with Crippen LogP contribution >= 0.6 is 34.5 Å². The fourth-order valence-corrected chi connectivity index (χ4v) is 64.6. The Morgan fingerprint density at radius 2 is 0.560 bits per heavy atom. The Labute approximate surface area is 167 Å². The van der Waals surface area contributed by atoms with E-state index in [4.69, 9.17) is 0 Å².